The topological polar surface area (TPSA) is 69.0 Å². The molecule has 7 heteroatoms. The summed E-state index contributed by atoms with van der Waals surface area (Å²) in [7, 11) is 0. The highest BCUT2D eigenvalue weighted by Crippen LogP contribution is 2.26. The van der Waals surface area contributed by atoms with Crippen LogP contribution >= 0.6 is 0 Å². The zero-order valence-corrected chi connectivity index (χ0v) is 18.5. The van der Waals surface area contributed by atoms with Gasteiger partial charge in [0.25, 0.3) is 5.91 Å². The molecule has 0 radical (unpaired) electrons. The molecule has 2 fully saturated rings. The van der Waals surface area contributed by atoms with Crippen molar-refractivity contribution in [3.8, 4) is 0 Å². The summed E-state index contributed by atoms with van der Waals surface area (Å²) in [5, 5.41) is 3.10. The fourth-order valence-electron chi connectivity index (χ4n) is 4.49. The van der Waals surface area contributed by atoms with Crippen molar-refractivity contribution in [1.82, 2.24) is 9.80 Å². The Kier molecular flexibility index (Phi) is 6.61. The molecule has 2 aromatic rings. The van der Waals surface area contributed by atoms with Gasteiger partial charge in [0.05, 0.1) is 17.7 Å². The first-order valence-electron chi connectivity index (χ1n) is 11.3. The highest BCUT2D eigenvalue weighted by Gasteiger charge is 2.29. The van der Waals surface area contributed by atoms with Gasteiger partial charge in [-0.25, -0.2) is 0 Å². The minimum absolute atomic E-state index is 0.0166. The largest absolute Gasteiger partial charge is 0.472 e. The quantitative estimate of drug-likeness (QED) is 0.798. The molecule has 0 saturated carbocycles. The smallest absolute Gasteiger partial charge is 0.257 e. The van der Waals surface area contributed by atoms with Crippen LogP contribution in [-0.4, -0.2) is 67.4 Å². The third-order valence-corrected chi connectivity index (χ3v) is 6.50. The van der Waals surface area contributed by atoms with Crippen molar-refractivity contribution in [2.75, 3.05) is 56.0 Å². The van der Waals surface area contributed by atoms with Crippen molar-refractivity contribution in [2.24, 2.45) is 5.92 Å². The van der Waals surface area contributed by atoms with E-state index >= 15 is 0 Å². The van der Waals surface area contributed by atoms with Crippen LogP contribution in [-0.2, 0) is 4.79 Å². The number of anilines is 2. The van der Waals surface area contributed by atoms with E-state index < -0.39 is 0 Å². The molecular weight excluding hydrogens is 392 g/mol. The number of likely N-dealkylation sites (N-methyl/N-ethyl adjacent to an activating group) is 1. The zero-order chi connectivity index (χ0) is 21.8. The Labute approximate surface area is 184 Å². The first kappa shape index (κ1) is 21.4. The molecular formula is C24H32N4O3. The number of amides is 2. The van der Waals surface area contributed by atoms with Crippen LogP contribution in [0.5, 0.6) is 0 Å². The maximum absolute atomic E-state index is 12.9. The number of nitrogens with zero attached hydrogens (tertiary/aromatic N) is 3. The number of hydrogen-bond acceptors (Lipinski definition) is 5. The van der Waals surface area contributed by atoms with Crippen molar-refractivity contribution in [1.29, 1.82) is 0 Å². The van der Waals surface area contributed by atoms with Crippen LogP contribution in [0.1, 0.15) is 35.7 Å². The lowest BCUT2D eigenvalue weighted by Gasteiger charge is -2.35. The van der Waals surface area contributed by atoms with Gasteiger partial charge < -0.3 is 24.4 Å². The summed E-state index contributed by atoms with van der Waals surface area (Å²) in [6.07, 6.45) is 4.57. The van der Waals surface area contributed by atoms with E-state index in [1.54, 1.807) is 11.0 Å². The monoisotopic (exact) mass is 424 g/mol. The molecule has 31 heavy (non-hydrogen) atoms. The second kappa shape index (κ2) is 9.56. The Morgan fingerprint density at radius 2 is 1.94 bits per heavy atom. The highest BCUT2D eigenvalue weighted by molar-refractivity contribution is 5.96. The number of furan rings is 1. The second-order valence-electron chi connectivity index (χ2n) is 8.51. The summed E-state index contributed by atoms with van der Waals surface area (Å²) >= 11 is 0. The van der Waals surface area contributed by atoms with Gasteiger partial charge in [0.2, 0.25) is 5.91 Å². The molecule has 2 saturated heterocycles. The number of piperazine rings is 1. The Hall–Kier alpha value is -2.80. The number of hydrogen-bond donors (Lipinski definition) is 1. The Balaban J connectivity index is 1.36. The predicted molar refractivity (Wildman–Crippen MR) is 121 cm³/mol. The molecule has 166 valence electrons. The molecule has 0 spiro atoms. The Morgan fingerprint density at radius 1 is 1.13 bits per heavy atom. The average molecular weight is 425 g/mol. The lowest BCUT2D eigenvalue weighted by atomic mass is 9.96. The van der Waals surface area contributed by atoms with Gasteiger partial charge in [0.15, 0.2) is 0 Å². The number of carbonyl (C=O) groups is 2. The zero-order valence-electron chi connectivity index (χ0n) is 18.5. The highest BCUT2D eigenvalue weighted by atomic mass is 16.3. The Morgan fingerprint density at radius 3 is 2.61 bits per heavy atom. The van der Waals surface area contributed by atoms with Crippen molar-refractivity contribution in [3.63, 3.8) is 0 Å². The van der Waals surface area contributed by atoms with Crippen LogP contribution in [0.2, 0.25) is 0 Å². The van der Waals surface area contributed by atoms with Crippen LogP contribution < -0.4 is 10.2 Å². The molecule has 2 aliphatic rings. The van der Waals surface area contributed by atoms with Gasteiger partial charge in [0.1, 0.15) is 6.26 Å². The molecule has 0 aliphatic carbocycles. The molecule has 0 bridgehead atoms. The molecule has 2 aliphatic heterocycles. The minimum atomic E-state index is -0.203. The summed E-state index contributed by atoms with van der Waals surface area (Å²) in [6, 6.07) is 7.93. The normalized spacial score (nSPS) is 20.0. The summed E-state index contributed by atoms with van der Waals surface area (Å²) in [6.45, 7) is 10.7. The van der Waals surface area contributed by atoms with Crippen LogP contribution in [0.15, 0.2) is 41.2 Å². The van der Waals surface area contributed by atoms with Crippen LogP contribution in [0.25, 0.3) is 0 Å². The SMILES string of the molecule is CCN1CCN(c2ccc(NC(=O)C3CCCN(C(=O)c4ccoc4)C3)c(C)c2)CC1. The number of carbonyl (C=O) groups excluding carboxylic acids is 2. The van der Waals surface area contributed by atoms with Crippen LogP contribution in [0, 0.1) is 12.8 Å². The summed E-state index contributed by atoms with van der Waals surface area (Å²) in [4.78, 5) is 32.2. The van der Waals surface area contributed by atoms with Crippen LogP contribution in [0.3, 0.4) is 0 Å². The van der Waals surface area contributed by atoms with E-state index in [0.29, 0.717) is 18.7 Å². The van der Waals surface area contributed by atoms with E-state index in [0.717, 1.165) is 56.8 Å². The first-order valence-corrected chi connectivity index (χ1v) is 11.3. The van der Waals surface area contributed by atoms with Crippen molar-refractivity contribution >= 4 is 23.2 Å². The summed E-state index contributed by atoms with van der Waals surface area (Å²) in [5.74, 6) is -0.294. The number of rotatable bonds is 5. The molecule has 4 rings (SSSR count). The molecule has 3 heterocycles. The number of piperidine rings is 1. The van der Waals surface area contributed by atoms with Gasteiger partial charge in [-0.1, -0.05) is 6.92 Å². The third kappa shape index (κ3) is 4.93. The van der Waals surface area contributed by atoms with Crippen LogP contribution in [0.4, 0.5) is 11.4 Å². The summed E-state index contributed by atoms with van der Waals surface area (Å²) in [5.41, 5.74) is 3.65. The predicted octanol–water partition coefficient (Wildman–Crippen LogP) is 3.22. The maximum atomic E-state index is 12.9. The second-order valence-corrected chi connectivity index (χ2v) is 8.51. The number of benzene rings is 1. The lowest BCUT2D eigenvalue weighted by molar-refractivity contribution is -0.121. The van der Waals surface area contributed by atoms with E-state index in [1.807, 2.05) is 13.0 Å². The van der Waals surface area contributed by atoms with E-state index in [-0.39, 0.29) is 17.7 Å². The fourth-order valence-corrected chi connectivity index (χ4v) is 4.49. The van der Waals surface area contributed by atoms with E-state index in [2.05, 4.69) is 34.2 Å². The average Bonchev–Trinajstić information content (AvgIpc) is 3.35. The lowest BCUT2D eigenvalue weighted by Crippen LogP contribution is -2.46. The maximum Gasteiger partial charge on any atom is 0.257 e. The minimum Gasteiger partial charge on any atom is -0.472 e. The standard InChI is InChI=1S/C24H32N4O3/c1-3-26-10-12-27(13-11-26)21-6-7-22(18(2)15-21)25-23(29)19-5-4-9-28(16-19)24(30)20-8-14-31-17-20/h6-8,14-15,17,19H,3-5,9-13,16H2,1-2H3,(H,25,29). The fraction of sp³-hybridized carbons (Fsp3) is 0.500. The number of aryl methyl sites for hydroxylation is 1. The molecule has 1 aromatic carbocycles. The molecule has 1 atom stereocenters. The van der Waals surface area contributed by atoms with E-state index in [9.17, 15) is 9.59 Å². The molecule has 2 amide bonds. The third-order valence-electron chi connectivity index (χ3n) is 6.50. The van der Waals surface area contributed by atoms with Gasteiger partial charge in [-0.05, 0) is 56.1 Å². The molecule has 1 unspecified atom stereocenters. The first-order chi connectivity index (χ1) is 15.0. The van der Waals surface area contributed by atoms with Gasteiger partial charge in [-0.15, -0.1) is 0 Å². The van der Waals surface area contributed by atoms with Gasteiger partial charge in [0, 0.05) is 50.6 Å². The molecule has 1 N–H and O–H groups in total. The van der Waals surface area contributed by atoms with Crippen molar-refractivity contribution < 1.29 is 14.0 Å². The van der Waals surface area contributed by atoms with E-state index in [1.165, 1.54) is 18.2 Å². The number of likely N-dealkylation sites (tertiary alicyclic amines) is 1. The van der Waals surface area contributed by atoms with E-state index in [4.69, 9.17) is 4.42 Å². The van der Waals surface area contributed by atoms with Crippen molar-refractivity contribution in [2.45, 2.75) is 26.7 Å². The Bertz CT molecular complexity index is 904. The summed E-state index contributed by atoms with van der Waals surface area (Å²) < 4.78 is 5.02. The van der Waals surface area contributed by atoms with Crippen molar-refractivity contribution in [3.05, 3.63) is 47.9 Å². The molecule has 1 aromatic heterocycles. The molecule has 7 nitrogen and oxygen atoms in total. The van der Waals surface area contributed by atoms with Gasteiger partial charge >= 0.3 is 0 Å². The van der Waals surface area contributed by atoms with Gasteiger partial charge in [-0.2, -0.15) is 0 Å². The number of nitrogens with one attached hydrogen (secondary N) is 1. The van der Waals surface area contributed by atoms with Gasteiger partial charge in [-0.3, -0.25) is 9.59 Å².